The van der Waals surface area contributed by atoms with Crippen molar-refractivity contribution >= 4 is 11.0 Å². The summed E-state index contributed by atoms with van der Waals surface area (Å²) in [5.74, 6) is 1.35. The lowest BCUT2D eigenvalue weighted by atomic mass is 10.1. The first-order chi connectivity index (χ1) is 13.4. The summed E-state index contributed by atoms with van der Waals surface area (Å²) in [4.78, 5) is 12.0. The number of ether oxygens (including phenoxy) is 1. The molecule has 0 bridgehead atoms. The number of aliphatic hydroxyl groups is 1. The third kappa shape index (κ3) is 4.46. The number of aryl methyl sites for hydroxylation is 2. The summed E-state index contributed by atoms with van der Waals surface area (Å²) in [6.45, 7) is 6.34. The van der Waals surface area contributed by atoms with E-state index in [2.05, 4.69) is 19.2 Å². The third-order valence-electron chi connectivity index (χ3n) is 4.89. The Morgan fingerprint density at radius 3 is 2.39 bits per heavy atom. The predicted molar refractivity (Wildman–Crippen MR) is 112 cm³/mol. The summed E-state index contributed by atoms with van der Waals surface area (Å²) in [5, 5.41) is 13.9. The van der Waals surface area contributed by atoms with Gasteiger partial charge < -0.3 is 15.2 Å². The first-order valence-electron chi connectivity index (χ1n) is 9.62. The molecule has 6 nitrogen and oxygen atoms in total. The Balaban J connectivity index is 1.61. The maximum Gasteiger partial charge on any atom is 0.328 e. The van der Waals surface area contributed by atoms with Crippen LogP contribution in [0.1, 0.15) is 31.1 Å². The van der Waals surface area contributed by atoms with Crippen molar-refractivity contribution in [3.05, 3.63) is 64.1 Å². The first kappa shape index (κ1) is 20.2. The molecule has 1 aromatic heterocycles. The van der Waals surface area contributed by atoms with Crippen LogP contribution in [-0.2, 0) is 20.6 Å². The van der Waals surface area contributed by atoms with Crippen molar-refractivity contribution in [2.75, 3.05) is 13.2 Å². The molecule has 1 atom stereocenters. The SMILES string of the molecule is CC(C)CNCc1ccc(OC[C@@H](O)c2ccc3c(c2)n(C)c(=O)n3C)cc1. The lowest BCUT2D eigenvalue weighted by molar-refractivity contribution is 0.108. The van der Waals surface area contributed by atoms with Crippen LogP contribution in [0.3, 0.4) is 0 Å². The molecule has 2 aromatic carbocycles. The molecular formula is C22H29N3O3. The fourth-order valence-corrected chi connectivity index (χ4v) is 3.21. The minimum absolute atomic E-state index is 0.0825. The maximum atomic E-state index is 12.0. The number of nitrogens with zero attached hydrogens (tertiary/aromatic N) is 2. The lowest BCUT2D eigenvalue weighted by Gasteiger charge is -2.14. The van der Waals surface area contributed by atoms with E-state index in [-0.39, 0.29) is 12.3 Å². The van der Waals surface area contributed by atoms with Crippen LogP contribution >= 0.6 is 0 Å². The predicted octanol–water partition coefficient (Wildman–Crippen LogP) is 2.74. The zero-order valence-corrected chi connectivity index (χ0v) is 17.0. The second-order valence-electron chi connectivity index (χ2n) is 7.64. The number of imidazole rings is 1. The van der Waals surface area contributed by atoms with E-state index in [1.165, 1.54) is 5.56 Å². The molecule has 0 unspecified atom stereocenters. The highest BCUT2D eigenvalue weighted by Gasteiger charge is 2.13. The first-order valence-corrected chi connectivity index (χ1v) is 9.62. The van der Waals surface area contributed by atoms with Crippen LogP contribution in [0.2, 0.25) is 0 Å². The molecule has 2 N–H and O–H groups in total. The number of hydrogen-bond acceptors (Lipinski definition) is 4. The molecule has 0 amide bonds. The van der Waals surface area contributed by atoms with Gasteiger partial charge in [-0.05, 0) is 47.9 Å². The fourth-order valence-electron chi connectivity index (χ4n) is 3.21. The van der Waals surface area contributed by atoms with E-state index in [0.29, 0.717) is 5.92 Å². The normalized spacial score (nSPS) is 12.6. The molecule has 0 saturated carbocycles. The Labute approximate surface area is 165 Å². The average Bonchev–Trinajstić information content (AvgIpc) is 2.90. The van der Waals surface area contributed by atoms with Crippen LogP contribution in [-0.4, -0.2) is 27.4 Å². The minimum atomic E-state index is -0.771. The topological polar surface area (TPSA) is 68.4 Å². The monoisotopic (exact) mass is 383 g/mol. The molecule has 28 heavy (non-hydrogen) atoms. The number of benzene rings is 2. The van der Waals surface area contributed by atoms with Gasteiger partial charge in [0.25, 0.3) is 0 Å². The molecule has 0 aliphatic heterocycles. The largest absolute Gasteiger partial charge is 0.491 e. The van der Waals surface area contributed by atoms with Crippen molar-refractivity contribution < 1.29 is 9.84 Å². The lowest BCUT2D eigenvalue weighted by Crippen LogP contribution is -2.19. The van der Waals surface area contributed by atoms with Crippen molar-refractivity contribution in [3.8, 4) is 5.75 Å². The van der Waals surface area contributed by atoms with Crippen molar-refractivity contribution in [3.63, 3.8) is 0 Å². The summed E-state index contributed by atoms with van der Waals surface area (Å²) in [7, 11) is 3.47. The molecular weight excluding hydrogens is 354 g/mol. The van der Waals surface area contributed by atoms with Crippen molar-refractivity contribution in [1.82, 2.24) is 14.5 Å². The van der Waals surface area contributed by atoms with Crippen molar-refractivity contribution in [1.29, 1.82) is 0 Å². The molecule has 150 valence electrons. The number of aliphatic hydroxyl groups excluding tert-OH is 1. The van der Waals surface area contributed by atoms with Crippen molar-refractivity contribution in [2.24, 2.45) is 20.0 Å². The van der Waals surface area contributed by atoms with Gasteiger partial charge in [0.15, 0.2) is 0 Å². The van der Waals surface area contributed by atoms with E-state index >= 15 is 0 Å². The molecule has 6 heteroatoms. The smallest absolute Gasteiger partial charge is 0.328 e. The van der Waals surface area contributed by atoms with Crippen LogP contribution in [0.5, 0.6) is 5.75 Å². The van der Waals surface area contributed by atoms with Gasteiger partial charge in [-0.1, -0.05) is 32.0 Å². The zero-order chi connectivity index (χ0) is 20.3. The molecule has 3 aromatic rings. The molecule has 0 aliphatic rings. The van der Waals surface area contributed by atoms with Gasteiger partial charge >= 0.3 is 5.69 Å². The second-order valence-corrected chi connectivity index (χ2v) is 7.64. The van der Waals surface area contributed by atoms with Crippen LogP contribution in [0.25, 0.3) is 11.0 Å². The minimum Gasteiger partial charge on any atom is -0.491 e. The Bertz CT molecular complexity index is 987. The highest BCUT2D eigenvalue weighted by Crippen LogP contribution is 2.21. The van der Waals surface area contributed by atoms with Gasteiger partial charge in [0.2, 0.25) is 0 Å². The van der Waals surface area contributed by atoms with Gasteiger partial charge in [0.05, 0.1) is 11.0 Å². The molecule has 0 radical (unpaired) electrons. The Morgan fingerprint density at radius 2 is 1.71 bits per heavy atom. The number of aromatic nitrogens is 2. The number of hydrogen-bond donors (Lipinski definition) is 2. The van der Waals surface area contributed by atoms with E-state index in [4.69, 9.17) is 4.74 Å². The van der Waals surface area contributed by atoms with Gasteiger partial charge in [-0.25, -0.2) is 4.79 Å². The summed E-state index contributed by atoms with van der Waals surface area (Å²) in [6.07, 6.45) is -0.771. The molecule has 0 fully saturated rings. The average molecular weight is 383 g/mol. The highest BCUT2D eigenvalue weighted by molar-refractivity contribution is 5.76. The summed E-state index contributed by atoms with van der Waals surface area (Å²) in [5.41, 5.74) is 3.47. The molecule has 0 saturated heterocycles. The molecule has 0 spiro atoms. The van der Waals surface area contributed by atoms with Crippen LogP contribution in [0.15, 0.2) is 47.3 Å². The van der Waals surface area contributed by atoms with E-state index < -0.39 is 6.10 Å². The Morgan fingerprint density at radius 1 is 1.04 bits per heavy atom. The summed E-state index contributed by atoms with van der Waals surface area (Å²) < 4.78 is 8.93. The van der Waals surface area contributed by atoms with Gasteiger partial charge in [0, 0.05) is 20.6 Å². The van der Waals surface area contributed by atoms with E-state index in [1.807, 2.05) is 42.5 Å². The van der Waals surface area contributed by atoms with Crippen LogP contribution in [0, 0.1) is 5.92 Å². The van der Waals surface area contributed by atoms with Crippen molar-refractivity contribution in [2.45, 2.75) is 26.5 Å². The van der Waals surface area contributed by atoms with Gasteiger partial charge in [-0.3, -0.25) is 9.13 Å². The molecule has 1 heterocycles. The van der Waals surface area contributed by atoms with Crippen LogP contribution in [0.4, 0.5) is 0 Å². The van der Waals surface area contributed by atoms with E-state index in [1.54, 1.807) is 23.2 Å². The van der Waals surface area contributed by atoms with Gasteiger partial charge in [-0.15, -0.1) is 0 Å². The summed E-state index contributed by atoms with van der Waals surface area (Å²) in [6, 6.07) is 13.4. The Kier molecular flexibility index (Phi) is 6.21. The van der Waals surface area contributed by atoms with Gasteiger partial charge in [0.1, 0.15) is 18.5 Å². The van der Waals surface area contributed by atoms with Gasteiger partial charge in [-0.2, -0.15) is 0 Å². The third-order valence-corrected chi connectivity index (χ3v) is 4.89. The zero-order valence-electron chi connectivity index (χ0n) is 17.0. The molecule has 0 aliphatic carbocycles. The van der Waals surface area contributed by atoms with Crippen LogP contribution < -0.4 is 15.7 Å². The summed E-state index contributed by atoms with van der Waals surface area (Å²) >= 11 is 0. The van der Waals surface area contributed by atoms with E-state index in [0.717, 1.165) is 35.4 Å². The number of fused-ring (bicyclic) bond motifs is 1. The number of nitrogens with one attached hydrogen (secondary N) is 1. The second kappa shape index (κ2) is 8.63. The number of rotatable bonds is 8. The fraction of sp³-hybridized carbons (Fsp3) is 0.409. The molecule has 3 rings (SSSR count). The Hall–Kier alpha value is -2.57. The quantitative estimate of drug-likeness (QED) is 0.628. The highest BCUT2D eigenvalue weighted by atomic mass is 16.5. The van der Waals surface area contributed by atoms with E-state index in [9.17, 15) is 9.90 Å². The standard InChI is InChI=1S/C22H29N3O3/c1-15(2)12-23-13-16-5-8-18(9-6-16)28-14-21(26)17-7-10-19-20(11-17)25(4)22(27)24(19)3/h5-11,15,21,23,26H,12-14H2,1-4H3/t21-/m1/s1. The maximum absolute atomic E-state index is 12.0.